The summed E-state index contributed by atoms with van der Waals surface area (Å²) in [7, 11) is 0. The molecule has 0 spiro atoms. The molecule has 4 rings (SSSR count). The molecule has 0 aliphatic carbocycles. The molecule has 140 valence electrons. The number of nitrogens with zero attached hydrogens (tertiary/aromatic N) is 3. The highest BCUT2D eigenvalue weighted by molar-refractivity contribution is 5.98. The normalized spacial score (nSPS) is 14.6. The summed E-state index contributed by atoms with van der Waals surface area (Å²) >= 11 is 0. The summed E-state index contributed by atoms with van der Waals surface area (Å²) in [6.07, 6.45) is 2.90. The van der Waals surface area contributed by atoms with Gasteiger partial charge in [-0.1, -0.05) is 25.1 Å². The lowest BCUT2D eigenvalue weighted by Crippen LogP contribution is -2.49. The Labute approximate surface area is 159 Å². The summed E-state index contributed by atoms with van der Waals surface area (Å²) in [4.78, 5) is 24.9. The van der Waals surface area contributed by atoms with Gasteiger partial charge in [0.1, 0.15) is 5.69 Å². The molecule has 0 radical (unpaired) electrons. The number of pyridine rings is 1. The fraction of sp³-hybridized carbons (Fsp3) is 0.333. The Hall–Kier alpha value is -3.02. The van der Waals surface area contributed by atoms with Gasteiger partial charge in [-0.25, -0.2) is 4.98 Å². The first-order valence-electron chi connectivity index (χ1n) is 9.57. The van der Waals surface area contributed by atoms with Gasteiger partial charge in [0.2, 0.25) is 0 Å². The van der Waals surface area contributed by atoms with Crippen molar-refractivity contribution in [3.8, 4) is 0 Å². The minimum atomic E-state index is 0.0659. The van der Waals surface area contributed by atoms with Gasteiger partial charge in [0.15, 0.2) is 5.82 Å². The van der Waals surface area contributed by atoms with Crippen LogP contribution in [0.25, 0.3) is 10.9 Å². The van der Waals surface area contributed by atoms with Gasteiger partial charge in [-0.05, 0) is 30.7 Å². The van der Waals surface area contributed by atoms with Crippen LogP contribution < -0.4 is 10.2 Å². The molecule has 0 atom stereocenters. The fourth-order valence-electron chi connectivity index (χ4n) is 3.53. The molecule has 3 aromatic rings. The van der Waals surface area contributed by atoms with Crippen molar-refractivity contribution >= 4 is 28.3 Å². The highest BCUT2D eigenvalue weighted by Gasteiger charge is 2.25. The van der Waals surface area contributed by atoms with E-state index in [4.69, 9.17) is 0 Å². The van der Waals surface area contributed by atoms with Crippen LogP contribution in [0.5, 0.6) is 0 Å². The van der Waals surface area contributed by atoms with E-state index in [9.17, 15) is 4.79 Å². The average molecular weight is 363 g/mol. The van der Waals surface area contributed by atoms with Gasteiger partial charge in [-0.2, -0.15) is 0 Å². The lowest BCUT2D eigenvalue weighted by molar-refractivity contribution is 0.0741. The van der Waals surface area contributed by atoms with E-state index in [1.165, 1.54) is 0 Å². The molecule has 6 nitrogen and oxygen atoms in total. The molecule has 2 aromatic heterocycles. The summed E-state index contributed by atoms with van der Waals surface area (Å²) < 4.78 is 0. The first-order chi connectivity index (χ1) is 13.3. The van der Waals surface area contributed by atoms with E-state index in [0.717, 1.165) is 48.5 Å². The summed E-state index contributed by atoms with van der Waals surface area (Å²) in [5.41, 5.74) is 2.72. The molecule has 1 aliphatic rings. The Morgan fingerprint density at radius 3 is 2.74 bits per heavy atom. The number of fused-ring (bicyclic) bond motifs is 1. The summed E-state index contributed by atoms with van der Waals surface area (Å²) in [6.45, 7) is 6.03. The standard InChI is InChI=1S/C21H25N5O/c1-2-9-22-18-8-5-10-23-20(18)25-11-13-26(14-12-25)21(27)19-15-16-6-3-4-7-17(16)24-19/h3-8,10,15,22,24H,2,9,11-14H2,1H3. The van der Waals surface area contributed by atoms with Crippen LogP contribution >= 0.6 is 0 Å². The number of hydrogen-bond acceptors (Lipinski definition) is 4. The van der Waals surface area contributed by atoms with Crippen LogP contribution in [0.15, 0.2) is 48.7 Å². The monoisotopic (exact) mass is 363 g/mol. The molecule has 3 heterocycles. The zero-order valence-electron chi connectivity index (χ0n) is 15.6. The predicted octanol–water partition coefficient (Wildman–Crippen LogP) is 3.35. The molecule has 0 bridgehead atoms. The maximum atomic E-state index is 12.9. The third-order valence-electron chi connectivity index (χ3n) is 4.98. The highest BCUT2D eigenvalue weighted by Crippen LogP contribution is 2.24. The Morgan fingerprint density at radius 1 is 1.15 bits per heavy atom. The first kappa shape index (κ1) is 17.4. The average Bonchev–Trinajstić information content (AvgIpc) is 3.16. The molecule has 0 unspecified atom stereocenters. The summed E-state index contributed by atoms with van der Waals surface area (Å²) in [6, 6.07) is 13.9. The van der Waals surface area contributed by atoms with E-state index >= 15 is 0 Å². The van der Waals surface area contributed by atoms with Gasteiger partial charge < -0.3 is 20.1 Å². The van der Waals surface area contributed by atoms with Crippen molar-refractivity contribution in [1.29, 1.82) is 0 Å². The van der Waals surface area contributed by atoms with E-state index in [-0.39, 0.29) is 5.91 Å². The highest BCUT2D eigenvalue weighted by atomic mass is 16.2. The molecule has 2 N–H and O–H groups in total. The van der Waals surface area contributed by atoms with Crippen molar-refractivity contribution in [2.24, 2.45) is 0 Å². The maximum absolute atomic E-state index is 12.9. The van der Waals surface area contributed by atoms with Crippen molar-refractivity contribution < 1.29 is 4.79 Å². The van der Waals surface area contributed by atoms with Gasteiger partial charge in [-0.3, -0.25) is 4.79 Å². The van der Waals surface area contributed by atoms with Gasteiger partial charge >= 0.3 is 0 Å². The van der Waals surface area contributed by atoms with E-state index < -0.39 is 0 Å². The number of anilines is 2. The Balaban J connectivity index is 1.44. The van der Waals surface area contributed by atoms with E-state index in [1.807, 2.05) is 47.5 Å². The van der Waals surface area contributed by atoms with Crippen molar-refractivity contribution in [1.82, 2.24) is 14.9 Å². The zero-order chi connectivity index (χ0) is 18.6. The zero-order valence-corrected chi connectivity index (χ0v) is 15.6. The van der Waals surface area contributed by atoms with E-state index in [0.29, 0.717) is 18.8 Å². The molecule has 1 aromatic carbocycles. The quantitative estimate of drug-likeness (QED) is 0.730. The van der Waals surface area contributed by atoms with Crippen LogP contribution in [0, 0.1) is 0 Å². The van der Waals surface area contributed by atoms with Gasteiger partial charge in [0, 0.05) is 49.8 Å². The Bertz CT molecular complexity index is 894. The minimum Gasteiger partial charge on any atom is -0.382 e. The Morgan fingerprint density at radius 2 is 1.96 bits per heavy atom. The number of para-hydroxylation sites is 1. The third-order valence-corrected chi connectivity index (χ3v) is 4.98. The van der Waals surface area contributed by atoms with Crippen LogP contribution in [0.3, 0.4) is 0 Å². The number of hydrogen-bond donors (Lipinski definition) is 2. The smallest absolute Gasteiger partial charge is 0.270 e. The van der Waals surface area contributed by atoms with Gasteiger partial charge in [0.25, 0.3) is 5.91 Å². The lowest BCUT2D eigenvalue weighted by Gasteiger charge is -2.36. The van der Waals surface area contributed by atoms with Crippen LogP contribution in [0.1, 0.15) is 23.8 Å². The fourth-order valence-corrected chi connectivity index (χ4v) is 3.53. The third kappa shape index (κ3) is 3.60. The number of aromatic nitrogens is 2. The molecular formula is C21H25N5O. The molecule has 1 saturated heterocycles. The first-order valence-corrected chi connectivity index (χ1v) is 9.57. The van der Waals surface area contributed by atoms with Crippen molar-refractivity contribution in [3.05, 3.63) is 54.4 Å². The summed E-state index contributed by atoms with van der Waals surface area (Å²) in [5.74, 6) is 1.04. The van der Waals surface area contributed by atoms with Gasteiger partial charge in [-0.15, -0.1) is 0 Å². The number of aromatic amines is 1. The van der Waals surface area contributed by atoms with Crippen molar-refractivity contribution in [2.45, 2.75) is 13.3 Å². The molecule has 1 aliphatic heterocycles. The topological polar surface area (TPSA) is 64.3 Å². The molecule has 0 saturated carbocycles. The summed E-state index contributed by atoms with van der Waals surface area (Å²) in [5, 5.41) is 4.51. The number of amides is 1. The van der Waals surface area contributed by atoms with Gasteiger partial charge in [0.05, 0.1) is 5.69 Å². The second kappa shape index (κ2) is 7.70. The van der Waals surface area contributed by atoms with E-state index in [2.05, 4.69) is 33.2 Å². The van der Waals surface area contributed by atoms with Crippen LogP contribution in [-0.2, 0) is 0 Å². The minimum absolute atomic E-state index is 0.0659. The van der Waals surface area contributed by atoms with Crippen molar-refractivity contribution in [3.63, 3.8) is 0 Å². The largest absolute Gasteiger partial charge is 0.382 e. The predicted molar refractivity (Wildman–Crippen MR) is 109 cm³/mol. The molecule has 1 fully saturated rings. The maximum Gasteiger partial charge on any atom is 0.270 e. The molecule has 27 heavy (non-hydrogen) atoms. The molecule has 6 heteroatoms. The van der Waals surface area contributed by atoms with Crippen LogP contribution in [0.2, 0.25) is 0 Å². The second-order valence-electron chi connectivity index (χ2n) is 6.85. The SMILES string of the molecule is CCCNc1cccnc1N1CCN(C(=O)c2cc3ccccc3[nH]2)CC1. The van der Waals surface area contributed by atoms with Crippen LogP contribution in [0.4, 0.5) is 11.5 Å². The molecule has 1 amide bonds. The lowest BCUT2D eigenvalue weighted by atomic mass is 10.2. The second-order valence-corrected chi connectivity index (χ2v) is 6.85. The number of nitrogens with one attached hydrogen (secondary N) is 2. The number of carbonyl (C=O) groups excluding carboxylic acids is 1. The van der Waals surface area contributed by atoms with Crippen LogP contribution in [-0.4, -0.2) is 53.5 Å². The number of benzene rings is 1. The Kier molecular flexibility index (Phi) is 4.96. The number of H-pyrrole nitrogens is 1. The number of piperazine rings is 1. The van der Waals surface area contributed by atoms with E-state index in [1.54, 1.807) is 0 Å². The van der Waals surface area contributed by atoms with Crippen molar-refractivity contribution in [2.75, 3.05) is 42.9 Å². The number of rotatable bonds is 5. The number of carbonyl (C=O) groups is 1. The molecular weight excluding hydrogens is 338 g/mol.